The van der Waals surface area contributed by atoms with E-state index in [9.17, 15) is 18.0 Å². The third-order valence-corrected chi connectivity index (χ3v) is 7.69. The van der Waals surface area contributed by atoms with Crippen molar-refractivity contribution < 1.29 is 22.7 Å². The molecule has 2 atom stereocenters. The number of nitrogens with one attached hydrogen (secondary N) is 1. The average molecular weight is 552 g/mol. The van der Waals surface area contributed by atoms with Gasteiger partial charge in [0.1, 0.15) is 11.8 Å². The molecule has 0 saturated carbocycles. The summed E-state index contributed by atoms with van der Waals surface area (Å²) in [4.78, 5) is 27.8. The summed E-state index contributed by atoms with van der Waals surface area (Å²) in [5.74, 6) is 0.226. The van der Waals surface area contributed by atoms with E-state index in [0.717, 1.165) is 23.8 Å². The van der Waals surface area contributed by atoms with Gasteiger partial charge < -0.3 is 15.0 Å². The molecular weight excluding hydrogens is 514 g/mol. The van der Waals surface area contributed by atoms with Crippen molar-refractivity contribution in [2.24, 2.45) is 0 Å². The number of nitrogens with zero attached hydrogens (tertiary/aromatic N) is 2. The summed E-state index contributed by atoms with van der Waals surface area (Å²) in [7, 11) is -2.02. The van der Waals surface area contributed by atoms with E-state index in [2.05, 4.69) is 5.32 Å². The van der Waals surface area contributed by atoms with Gasteiger partial charge in [0.2, 0.25) is 21.8 Å². The Kier molecular flexibility index (Phi) is 11.3. The Morgan fingerprint density at radius 1 is 1.11 bits per heavy atom. The molecule has 2 aromatic carbocycles. The monoisotopic (exact) mass is 551 g/mol. The number of aryl methyl sites for hydroxylation is 1. The fourth-order valence-corrected chi connectivity index (χ4v) is 4.99. The highest BCUT2D eigenvalue weighted by atomic mass is 35.5. The van der Waals surface area contributed by atoms with Crippen LogP contribution in [0.2, 0.25) is 5.02 Å². The number of hydrogen-bond acceptors (Lipinski definition) is 5. The molecule has 10 heteroatoms. The lowest BCUT2D eigenvalue weighted by molar-refractivity contribution is -0.140. The highest BCUT2D eigenvalue weighted by Crippen LogP contribution is 2.27. The zero-order chi connectivity index (χ0) is 27.8. The molecular formula is C27H38ClN3O5S. The van der Waals surface area contributed by atoms with Crippen LogP contribution in [0, 0.1) is 6.92 Å². The number of methoxy groups -OCH3 is 1. The van der Waals surface area contributed by atoms with Gasteiger partial charge >= 0.3 is 0 Å². The maximum Gasteiger partial charge on any atom is 0.242 e. The van der Waals surface area contributed by atoms with Gasteiger partial charge in [-0.3, -0.25) is 13.9 Å². The summed E-state index contributed by atoms with van der Waals surface area (Å²) in [6.45, 7) is 7.75. The lowest BCUT2D eigenvalue weighted by Crippen LogP contribution is -2.49. The van der Waals surface area contributed by atoms with Gasteiger partial charge in [-0.2, -0.15) is 0 Å². The van der Waals surface area contributed by atoms with Crippen LogP contribution < -0.4 is 14.4 Å². The molecule has 0 radical (unpaired) electrons. The Labute approximate surface area is 226 Å². The lowest BCUT2D eigenvalue weighted by atomic mass is 10.1. The molecule has 1 N–H and O–H groups in total. The van der Waals surface area contributed by atoms with E-state index in [1.165, 1.54) is 9.21 Å². The Hall–Kier alpha value is -2.78. The maximum atomic E-state index is 13.4. The molecule has 2 amide bonds. The van der Waals surface area contributed by atoms with Crippen molar-refractivity contribution in [2.75, 3.05) is 24.2 Å². The van der Waals surface area contributed by atoms with Crippen LogP contribution in [0.5, 0.6) is 5.75 Å². The van der Waals surface area contributed by atoms with Gasteiger partial charge in [0.25, 0.3) is 0 Å². The molecule has 0 spiro atoms. The fourth-order valence-electron chi connectivity index (χ4n) is 3.81. The largest absolute Gasteiger partial charge is 0.497 e. The van der Waals surface area contributed by atoms with Gasteiger partial charge in [-0.15, -0.1) is 0 Å². The molecule has 0 unspecified atom stereocenters. The highest BCUT2D eigenvalue weighted by Gasteiger charge is 2.27. The Bertz CT molecular complexity index is 1170. The van der Waals surface area contributed by atoms with Gasteiger partial charge in [0.15, 0.2) is 0 Å². The molecule has 0 bridgehead atoms. The summed E-state index contributed by atoms with van der Waals surface area (Å²) in [5, 5.41) is 3.37. The van der Waals surface area contributed by atoms with Crippen molar-refractivity contribution in [1.29, 1.82) is 0 Å². The normalized spacial score (nSPS) is 12.9. The van der Waals surface area contributed by atoms with Crippen LogP contribution >= 0.6 is 11.6 Å². The number of sulfonamides is 1. The number of amides is 2. The number of anilines is 1. The third kappa shape index (κ3) is 8.93. The van der Waals surface area contributed by atoms with Crippen molar-refractivity contribution in [1.82, 2.24) is 10.2 Å². The predicted molar refractivity (Wildman–Crippen MR) is 149 cm³/mol. The molecule has 0 aliphatic heterocycles. The number of benzene rings is 2. The standard InChI is InChI=1S/C27H38ClN3O5S/c1-7-20(3)29-27(33)21(4)30(18-22-11-14-24(36-5)15-12-22)26(32)9-8-16-31(37(6,34)35)25-17-23(28)13-10-19(25)2/h10-15,17,20-21H,7-9,16,18H2,1-6H3,(H,29,33)/t20-,21-/m1/s1. The quantitative estimate of drug-likeness (QED) is 0.394. The van der Waals surface area contributed by atoms with Crippen molar-refractivity contribution in [3.8, 4) is 5.75 Å². The Morgan fingerprint density at radius 3 is 2.32 bits per heavy atom. The maximum absolute atomic E-state index is 13.4. The van der Waals surface area contributed by atoms with E-state index >= 15 is 0 Å². The molecule has 8 nitrogen and oxygen atoms in total. The molecule has 2 aromatic rings. The SMILES string of the molecule is CC[C@@H](C)NC(=O)[C@@H](C)N(Cc1ccc(OC)cc1)C(=O)CCCN(c1cc(Cl)ccc1C)S(C)(=O)=O. The summed E-state index contributed by atoms with van der Waals surface area (Å²) in [5.41, 5.74) is 2.10. The lowest BCUT2D eigenvalue weighted by Gasteiger charge is -2.30. The molecule has 0 aliphatic rings. The van der Waals surface area contributed by atoms with Crippen LogP contribution in [0.25, 0.3) is 0 Å². The predicted octanol–water partition coefficient (Wildman–Crippen LogP) is 4.54. The van der Waals surface area contributed by atoms with E-state index in [0.29, 0.717) is 16.5 Å². The van der Waals surface area contributed by atoms with E-state index < -0.39 is 16.1 Å². The van der Waals surface area contributed by atoms with Crippen LogP contribution in [0.1, 0.15) is 51.2 Å². The second-order valence-corrected chi connectivity index (χ2v) is 11.6. The molecule has 0 aliphatic carbocycles. The first kappa shape index (κ1) is 30.4. The molecule has 0 aromatic heterocycles. The first-order valence-corrected chi connectivity index (χ1v) is 14.6. The van der Waals surface area contributed by atoms with E-state index in [1.807, 2.05) is 32.9 Å². The molecule has 204 valence electrons. The number of carbonyl (C=O) groups excluding carboxylic acids is 2. The van der Waals surface area contributed by atoms with Crippen LogP contribution in [0.3, 0.4) is 0 Å². The van der Waals surface area contributed by atoms with Gasteiger partial charge in [-0.05, 0) is 69.0 Å². The number of halogens is 1. The Balaban J connectivity index is 2.21. The summed E-state index contributed by atoms with van der Waals surface area (Å²) < 4.78 is 31.6. The minimum Gasteiger partial charge on any atom is -0.497 e. The summed E-state index contributed by atoms with van der Waals surface area (Å²) >= 11 is 6.12. The van der Waals surface area contributed by atoms with E-state index in [1.54, 1.807) is 44.4 Å². The van der Waals surface area contributed by atoms with Crippen LogP contribution in [-0.4, -0.2) is 57.1 Å². The summed E-state index contributed by atoms with van der Waals surface area (Å²) in [6, 6.07) is 11.7. The average Bonchev–Trinajstić information content (AvgIpc) is 2.85. The van der Waals surface area contributed by atoms with Gasteiger partial charge in [-0.25, -0.2) is 8.42 Å². The first-order valence-electron chi connectivity index (χ1n) is 12.3. The van der Waals surface area contributed by atoms with Crippen molar-refractivity contribution in [3.05, 3.63) is 58.6 Å². The van der Waals surface area contributed by atoms with Gasteiger partial charge in [-0.1, -0.05) is 36.7 Å². The number of rotatable bonds is 13. The van der Waals surface area contributed by atoms with Gasteiger partial charge in [0, 0.05) is 30.6 Å². The van der Waals surface area contributed by atoms with Crippen LogP contribution in [-0.2, 0) is 26.2 Å². The summed E-state index contributed by atoms with van der Waals surface area (Å²) in [6.07, 6.45) is 2.25. The molecule has 2 rings (SSSR count). The third-order valence-electron chi connectivity index (χ3n) is 6.27. The highest BCUT2D eigenvalue weighted by molar-refractivity contribution is 7.92. The number of hydrogen-bond donors (Lipinski definition) is 1. The van der Waals surface area contributed by atoms with Crippen LogP contribution in [0.15, 0.2) is 42.5 Å². The van der Waals surface area contributed by atoms with Gasteiger partial charge in [0.05, 0.1) is 19.1 Å². The minimum atomic E-state index is -3.60. The minimum absolute atomic E-state index is 0.0165. The molecule has 37 heavy (non-hydrogen) atoms. The van der Waals surface area contributed by atoms with Crippen molar-refractivity contribution >= 4 is 39.1 Å². The topological polar surface area (TPSA) is 96.0 Å². The fraction of sp³-hybridized carbons (Fsp3) is 0.481. The number of carbonyl (C=O) groups is 2. The first-order chi connectivity index (χ1) is 17.4. The zero-order valence-corrected chi connectivity index (χ0v) is 24.0. The molecule has 0 saturated heterocycles. The van der Waals surface area contributed by atoms with Crippen LogP contribution in [0.4, 0.5) is 5.69 Å². The second-order valence-electron chi connectivity index (χ2n) is 9.23. The molecule has 0 heterocycles. The zero-order valence-electron chi connectivity index (χ0n) is 22.5. The van der Waals surface area contributed by atoms with Crippen molar-refractivity contribution in [2.45, 2.75) is 65.6 Å². The van der Waals surface area contributed by atoms with Crippen molar-refractivity contribution in [3.63, 3.8) is 0 Å². The number of ether oxygens (including phenoxy) is 1. The van der Waals surface area contributed by atoms with E-state index in [-0.39, 0.29) is 43.8 Å². The molecule has 0 fully saturated rings. The Morgan fingerprint density at radius 2 is 1.76 bits per heavy atom. The second kappa shape index (κ2) is 13.7. The smallest absolute Gasteiger partial charge is 0.242 e. The van der Waals surface area contributed by atoms with E-state index in [4.69, 9.17) is 16.3 Å².